The maximum absolute atomic E-state index is 11.6. The van der Waals surface area contributed by atoms with Gasteiger partial charge in [0.2, 0.25) is 11.1 Å². The topological polar surface area (TPSA) is 127 Å². The normalized spacial score (nSPS) is 21.7. The van der Waals surface area contributed by atoms with Crippen molar-refractivity contribution >= 4 is 35.4 Å². The van der Waals surface area contributed by atoms with E-state index in [4.69, 9.17) is 5.84 Å². The molecule has 106 valence electrons. The minimum Gasteiger partial charge on any atom is -0.477 e. The first-order valence-electron chi connectivity index (χ1n) is 5.63. The molecule has 11 heteroatoms. The smallest absolute Gasteiger partial charge is 0.352 e. The highest BCUT2D eigenvalue weighted by Gasteiger charge is 2.45. The van der Waals surface area contributed by atoms with E-state index in [1.807, 2.05) is 0 Å². The van der Waals surface area contributed by atoms with E-state index in [0.29, 0.717) is 28.7 Å². The van der Waals surface area contributed by atoms with Gasteiger partial charge in [0, 0.05) is 11.5 Å². The molecule has 0 aliphatic carbocycles. The number of hydrogen-bond donors (Lipinski definition) is 2. The summed E-state index contributed by atoms with van der Waals surface area (Å²) in [7, 11) is 0. The number of nitrogens with two attached hydrogens (primary N) is 1. The molecule has 3 heterocycles. The maximum Gasteiger partial charge on any atom is 0.352 e. The van der Waals surface area contributed by atoms with Crippen LogP contribution in [0.3, 0.4) is 0 Å². The van der Waals surface area contributed by atoms with Gasteiger partial charge in [-0.1, -0.05) is 16.9 Å². The van der Waals surface area contributed by atoms with E-state index in [1.165, 1.54) is 16.7 Å². The van der Waals surface area contributed by atoms with Gasteiger partial charge in [0.1, 0.15) is 5.70 Å². The second kappa shape index (κ2) is 4.98. The first-order chi connectivity index (χ1) is 9.58. The molecule has 1 atom stereocenters. The highest BCUT2D eigenvalue weighted by Crippen LogP contribution is 2.40. The molecule has 20 heavy (non-hydrogen) atoms. The van der Waals surface area contributed by atoms with Crippen LogP contribution in [0, 0.1) is 0 Å². The summed E-state index contributed by atoms with van der Waals surface area (Å²) in [6.07, 6.45) is 0.406. The summed E-state index contributed by atoms with van der Waals surface area (Å²) in [6.45, 7) is 0. The van der Waals surface area contributed by atoms with Crippen LogP contribution in [0.1, 0.15) is 6.42 Å². The number of nitrogens with zero attached hydrogens (tertiary/aromatic N) is 5. The third kappa shape index (κ3) is 2.12. The van der Waals surface area contributed by atoms with Gasteiger partial charge in [0.15, 0.2) is 0 Å². The average Bonchev–Trinajstić information content (AvgIpc) is 2.80. The number of fused-ring (bicyclic) bond motifs is 1. The molecule has 9 nitrogen and oxygen atoms in total. The second-order valence-electron chi connectivity index (χ2n) is 4.19. The lowest BCUT2D eigenvalue weighted by Gasteiger charge is -2.43. The summed E-state index contributed by atoms with van der Waals surface area (Å²) in [6, 6.07) is 0. The van der Waals surface area contributed by atoms with Gasteiger partial charge in [-0.25, -0.2) is 4.79 Å². The molecule has 1 aromatic rings. The van der Waals surface area contributed by atoms with Crippen molar-refractivity contribution in [3.63, 3.8) is 0 Å². The molecule has 1 aromatic heterocycles. The van der Waals surface area contributed by atoms with Gasteiger partial charge in [0.05, 0.1) is 11.8 Å². The second-order valence-corrected chi connectivity index (χ2v) is 6.29. The molecule has 3 rings (SSSR count). The quantitative estimate of drug-likeness (QED) is 0.414. The Morgan fingerprint density at radius 3 is 3.00 bits per heavy atom. The first kappa shape index (κ1) is 13.2. The van der Waals surface area contributed by atoms with E-state index < -0.39 is 5.97 Å². The maximum atomic E-state index is 11.6. The van der Waals surface area contributed by atoms with Crippen LogP contribution in [-0.4, -0.2) is 59.1 Å². The van der Waals surface area contributed by atoms with Crippen molar-refractivity contribution in [2.45, 2.75) is 17.0 Å². The number of carbonyl (C=O) groups excluding carboxylic acids is 1. The summed E-state index contributed by atoms with van der Waals surface area (Å²) in [5.41, 5.74) is 0.772. The highest BCUT2D eigenvalue weighted by atomic mass is 32.2. The summed E-state index contributed by atoms with van der Waals surface area (Å²) < 4.78 is 0. The fraction of sp³-hybridized carbons (Fsp3) is 0.444. The number of hydrogen-bond acceptors (Lipinski definition) is 8. The van der Waals surface area contributed by atoms with Crippen molar-refractivity contribution in [1.29, 1.82) is 0 Å². The molecule has 0 unspecified atom stereocenters. The zero-order chi connectivity index (χ0) is 14.3. The number of aromatic nitrogens is 4. The summed E-state index contributed by atoms with van der Waals surface area (Å²) in [5.74, 6) is 5.22. The van der Waals surface area contributed by atoms with Gasteiger partial charge in [-0.2, -0.15) is 0 Å². The summed E-state index contributed by atoms with van der Waals surface area (Å²) in [4.78, 5) is 25.3. The number of nitrogen functional groups attached to an aromatic ring is 1. The third-order valence-corrected chi connectivity index (χ3v) is 5.27. The predicted octanol–water partition coefficient (Wildman–Crippen LogP) is -0.877. The van der Waals surface area contributed by atoms with Crippen LogP contribution < -0.4 is 5.84 Å². The van der Waals surface area contributed by atoms with E-state index in [2.05, 4.69) is 15.5 Å². The van der Waals surface area contributed by atoms with E-state index in [-0.39, 0.29) is 17.0 Å². The number of thioether (sulfide) groups is 2. The molecule has 2 aliphatic rings. The Labute approximate surface area is 121 Å². The van der Waals surface area contributed by atoms with E-state index >= 15 is 0 Å². The fourth-order valence-corrected chi connectivity index (χ4v) is 4.22. The molecule has 0 bridgehead atoms. The van der Waals surface area contributed by atoms with Crippen LogP contribution in [-0.2, 0) is 9.59 Å². The van der Waals surface area contributed by atoms with E-state index in [9.17, 15) is 14.7 Å². The lowest BCUT2D eigenvalue weighted by Crippen LogP contribution is -2.54. The Morgan fingerprint density at radius 1 is 1.60 bits per heavy atom. The molecule has 0 aromatic carbocycles. The van der Waals surface area contributed by atoms with Gasteiger partial charge < -0.3 is 10.9 Å². The fourth-order valence-electron chi connectivity index (χ4n) is 2.02. The standard InChI is InChI=1S/C9H10N6O3S2/c10-15-9(11-12-13-15)20-3-4-2-19-6-1-5(16)14(6)7(4)8(17)18/h6H,1-3,10H2,(H,17,18)/t6-/m1/s1. The molecule has 0 radical (unpaired) electrons. The van der Waals surface area contributed by atoms with E-state index in [1.54, 1.807) is 11.8 Å². The van der Waals surface area contributed by atoms with Gasteiger partial charge in [-0.15, -0.1) is 16.6 Å². The van der Waals surface area contributed by atoms with Gasteiger partial charge >= 0.3 is 5.97 Å². The Kier molecular flexibility index (Phi) is 3.30. The number of aliphatic carboxylic acids is 1. The van der Waals surface area contributed by atoms with Gasteiger partial charge in [-0.3, -0.25) is 9.69 Å². The Morgan fingerprint density at radius 2 is 2.40 bits per heavy atom. The first-order valence-corrected chi connectivity index (χ1v) is 7.66. The number of tetrazole rings is 1. The number of β-lactam (4-membered cyclic amide) rings is 1. The van der Waals surface area contributed by atoms with Crippen molar-refractivity contribution < 1.29 is 14.7 Å². The van der Waals surface area contributed by atoms with E-state index in [0.717, 1.165) is 4.79 Å². The zero-order valence-electron chi connectivity index (χ0n) is 10.1. The predicted molar refractivity (Wildman–Crippen MR) is 71.1 cm³/mol. The van der Waals surface area contributed by atoms with Gasteiger partial charge in [0.25, 0.3) is 0 Å². The lowest BCUT2D eigenvalue weighted by atomic mass is 10.1. The van der Waals surface area contributed by atoms with Crippen LogP contribution in [0.2, 0.25) is 0 Å². The van der Waals surface area contributed by atoms with Crippen molar-refractivity contribution in [3.05, 3.63) is 11.3 Å². The van der Waals surface area contributed by atoms with Crippen LogP contribution >= 0.6 is 23.5 Å². The zero-order valence-corrected chi connectivity index (χ0v) is 11.7. The average molecular weight is 314 g/mol. The number of rotatable bonds is 4. The Balaban J connectivity index is 1.82. The largest absolute Gasteiger partial charge is 0.477 e. The Bertz CT molecular complexity index is 615. The number of carbonyl (C=O) groups is 2. The van der Waals surface area contributed by atoms with Crippen LogP contribution in [0.4, 0.5) is 0 Å². The monoisotopic (exact) mass is 314 g/mol. The Hall–Kier alpha value is -1.75. The molecule has 1 amide bonds. The SMILES string of the molecule is Nn1nnnc1SCC1=C(C(=O)O)N2C(=O)C[C@H]2SC1. The van der Waals surface area contributed by atoms with Gasteiger partial charge in [-0.05, 0) is 16.0 Å². The van der Waals surface area contributed by atoms with Crippen molar-refractivity contribution in [1.82, 2.24) is 25.2 Å². The molecule has 2 aliphatic heterocycles. The number of carboxylic acids is 1. The molecule has 0 saturated carbocycles. The minimum absolute atomic E-state index is 0.0396. The van der Waals surface area contributed by atoms with Crippen LogP contribution in [0.5, 0.6) is 0 Å². The molecular weight excluding hydrogens is 304 g/mol. The number of amides is 1. The summed E-state index contributed by atoms with van der Waals surface area (Å²) in [5, 5.41) is 20.3. The molecular formula is C9H10N6O3S2. The molecule has 1 saturated heterocycles. The van der Waals surface area contributed by atoms with Crippen LogP contribution in [0.15, 0.2) is 16.4 Å². The van der Waals surface area contributed by atoms with Crippen molar-refractivity contribution in [2.75, 3.05) is 17.3 Å². The minimum atomic E-state index is -1.08. The van der Waals surface area contributed by atoms with Crippen molar-refractivity contribution in [2.24, 2.45) is 0 Å². The highest BCUT2D eigenvalue weighted by molar-refractivity contribution is 8.00. The summed E-state index contributed by atoms with van der Waals surface area (Å²) >= 11 is 2.81. The van der Waals surface area contributed by atoms with Crippen LogP contribution in [0.25, 0.3) is 0 Å². The number of carboxylic acid groups (broad SMARTS) is 1. The molecule has 3 N–H and O–H groups in total. The lowest BCUT2D eigenvalue weighted by molar-refractivity contribution is -0.146. The molecule has 1 fully saturated rings. The van der Waals surface area contributed by atoms with Crippen molar-refractivity contribution in [3.8, 4) is 0 Å². The third-order valence-electron chi connectivity index (χ3n) is 2.97. The molecule has 0 spiro atoms.